The minimum Gasteiger partial charge on any atom is -0.352 e. The molecule has 26 heavy (non-hydrogen) atoms. The monoisotopic (exact) mass is 378 g/mol. The summed E-state index contributed by atoms with van der Waals surface area (Å²) in [7, 11) is -0.203. The Morgan fingerprint density at radius 3 is 2.31 bits per heavy atom. The van der Waals surface area contributed by atoms with E-state index < -0.39 is 10.0 Å². The van der Waals surface area contributed by atoms with Gasteiger partial charge in [-0.1, -0.05) is 20.8 Å². The van der Waals surface area contributed by atoms with Crippen LogP contribution in [0.5, 0.6) is 0 Å². The van der Waals surface area contributed by atoms with Crippen LogP contribution in [0.2, 0.25) is 0 Å². The molecule has 3 rings (SSSR count). The van der Waals surface area contributed by atoms with Gasteiger partial charge in [0.1, 0.15) is 5.82 Å². The number of sulfonamides is 1. The van der Waals surface area contributed by atoms with Gasteiger partial charge in [0.15, 0.2) is 10.8 Å². The molecule has 0 amide bonds. The summed E-state index contributed by atoms with van der Waals surface area (Å²) in [5, 5.41) is 8.67. The number of rotatable bonds is 4. The highest BCUT2D eigenvalue weighted by Crippen LogP contribution is 2.26. The molecule has 142 valence electrons. The van der Waals surface area contributed by atoms with E-state index in [4.69, 9.17) is 0 Å². The zero-order valence-corrected chi connectivity index (χ0v) is 16.9. The van der Waals surface area contributed by atoms with Crippen LogP contribution >= 0.6 is 0 Å². The number of nitrogens with zero attached hydrogens (tertiary/aromatic N) is 6. The highest BCUT2D eigenvalue weighted by molar-refractivity contribution is 7.89. The van der Waals surface area contributed by atoms with Crippen molar-refractivity contribution in [3.63, 3.8) is 0 Å². The van der Waals surface area contributed by atoms with Gasteiger partial charge in [0, 0.05) is 38.8 Å². The maximum Gasteiger partial charge on any atom is 0.262 e. The normalized spacial score (nSPS) is 16.2. The summed E-state index contributed by atoms with van der Waals surface area (Å²) < 4.78 is 28.6. The molecular formula is C17H26N6O2S. The lowest BCUT2D eigenvalue weighted by Gasteiger charge is -2.43. The molecule has 1 aliphatic rings. The lowest BCUT2D eigenvalue weighted by molar-refractivity contribution is 0.308. The van der Waals surface area contributed by atoms with Gasteiger partial charge in [0.25, 0.3) is 10.0 Å². The SMILES string of the molecule is Cc1nc(S(=O)(=O)N(C)C2CN(c3ccc(C(C)(C)C)nn3)C2)cn1C. The molecule has 0 spiro atoms. The maximum atomic E-state index is 12.7. The summed E-state index contributed by atoms with van der Waals surface area (Å²) in [4.78, 5) is 6.18. The van der Waals surface area contributed by atoms with Crippen LogP contribution in [0.4, 0.5) is 5.82 Å². The van der Waals surface area contributed by atoms with E-state index in [0.29, 0.717) is 18.9 Å². The van der Waals surface area contributed by atoms with Crippen molar-refractivity contribution in [1.29, 1.82) is 0 Å². The molecule has 0 unspecified atom stereocenters. The first-order valence-corrected chi connectivity index (χ1v) is 10.0. The first-order chi connectivity index (χ1) is 12.0. The third kappa shape index (κ3) is 3.33. The molecular weight excluding hydrogens is 352 g/mol. The van der Waals surface area contributed by atoms with Crippen molar-refractivity contribution in [3.8, 4) is 0 Å². The molecule has 0 bridgehead atoms. The Morgan fingerprint density at radius 1 is 1.19 bits per heavy atom. The number of aromatic nitrogens is 4. The minimum atomic E-state index is -3.59. The molecule has 1 saturated heterocycles. The van der Waals surface area contributed by atoms with Gasteiger partial charge in [0.2, 0.25) is 0 Å². The number of hydrogen-bond donors (Lipinski definition) is 0. The van der Waals surface area contributed by atoms with Gasteiger partial charge in [-0.3, -0.25) is 0 Å². The largest absolute Gasteiger partial charge is 0.352 e. The molecule has 2 aromatic rings. The van der Waals surface area contributed by atoms with Crippen molar-refractivity contribution in [2.45, 2.75) is 44.2 Å². The van der Waals surface area contributed by atoms with Gasteiger partial charge < -0.3 is 9.47 Å². The molecule has 0 aromatic carbocycles. The van der Waals surface area contributed by atoms with Crippen molar-refractivity contribution < 1.29 is 8.42 Å². The lowest BCUT2D eigenvalue weighted by atomic mass is 9.92. The molecule has 0 atom stereocenters. The van der Waals surface area contributed by atoms with Gasteiger partial charge in [-0.2, -0.15) is 9.40 Å². The third-order valence-corrected chi connectivity index (χ3v) is 6.63. The molecule has 1 aliphatic heterocycles. The van der Waals surface area contributed by atoms with Gasteiger partial charge in [-0.15, -0.1) is 5.10 Å². The number of anilines is 1. The van der Waals surface area contributed by atoms with Crippen LogP contribution in [0.15, 0.2) is 23.4 Å². The molecule has 0 N–H and O–H groups in total. The zero-order valence-electron chi connectivity index (χ0n) is 16.1. The van der Waals surface area contributed by atoms with Crippen molar-refractivity contribution >= 4 is 15.8 Å². The predicted molar refractivity (Wildman–Crippen MR) is 99.6 cm³/mol. The van der Waals surface area contributed by atoms with Crippen LogP contribution in [0, 0.1) is 6.92 Å². The van der Waals surface area contributed by atoms with Crippen molar-refractivity contribution in [3.05, 3.63) is 29.8 Å². The number of likely N-dealkylation sites (N-methyl/N-ethyl adjacent to an activating group) is 1. The summed E-state index contributed by atoms with van der Waals surface area (Å²) in [5.74, 6) is 1.44. The van der Waals surface area contributed by atoms with E-state index >= 15 is 0 Å². The average Bonchev–Trinajstić information content (AvgIpc) is 2.85. The minimum absolute atomic E-state index is 0.0435. The van der Waals surface area contributed by atoms with Gasteiger partial charge in [0.05, 0.1) is 11.7 Å². The Balaban J connectivity index is 1.67. The molecule has 0 saturated carbocycles. The van der Waals surface area contributed by atoms with E-state index in [0.717, 1.165) is 11.5 Å². The number of aryl methyl sites for hydroxylation is 2. The number of hydrogen-bond acceptors (Lipinski definition) is 6. The molecule has 9 heteroatoms. The third-order valence-electron chi connectivity index (χ3n) is 4.85. The fourth-order valence-corrected chi connectivity index (χ4v) is 4.12. The van der Waals surface area contributed by atoms with E-state index in [2.05, 4.69) is 36.0 Å². The Bertz CT molecular complexity index is 873. The van der Waals surface area contributed by atoms with E-state index in [1.165, 1.54) is 4.31 Å². The van der Waals surface area contributed by atoms with Crippen LogP contribution in [-0.2, 0) is 22.5 Å². The fourth-order valence-electron chi connectivity index (χ4n) is 2.76. The molecule has 1 fully saturated rings. The quantitative estimate of drug-likeness (QED) is 0.798. The Labute approximate surface area is 154 Å². The second-order valence-electron chi connectivity index (χ2n) is 7.84. The topological polar surface area (TPSA) is 84.2 Å². The number of imidazole rings is 1. The summed E-state index contributed by atoms with van der Waals surface area (Å²) >= 11 is 0. The zero-order chi connectivity index (χ0) is 19.3. The standard InChI is InChI=1S/C17H26N6O2S/c1-12-18-16(11-21(12)5)26(24,25)22(6)13-9-23(10-13)15-8-7-14(19-20-15)17(2,3)4/h7-8,11,13H,9-10H2,1-6H3. The summed E-state index contributed by atoms with van der Waals surface area (Å²) in [6.45, 7) is 9.24. The van der Waals surface area contributed by atoms with Gasteiger partial charge >= 0.3 is 0 Å². The fraction of sp³-hybridized carbons (Fsp3) is 0.588. The summed E-state index contributed by atoms with van der Waals surface area (Å²) in [6, 6.07) is 3.82. The summed E-state index contributed by atoms with van der Waals surface area (Å²) in [5.41, 5.74) is 0.890. The lowest BCUT2D eigenvalue weighted by Crippen LogP contribution is -2.60. The second kappa shape index (κ2) is 6.31. The first-order valence-electron chi connectivity index (χ1n) is 8.57. The van der Waals surface area contributed by atoms with Crippen LogP contribution in [-0.4, -0.2) is 58.7 Å². The van der Waals surface area contributed by atoms with Crippen molar-refractivity contribution in [2.75, 3.05) is 25.0 Å². The second-order valence-corrected chi connectivity index (χ2v) is 9.79. The highest BCUT2D eigenvalue weighted by Gasteiger charge is 2.38. The molecule has 0 aliphatic carbocycles. The predicted octanol–water partition coefficient (Wildman–Crippen LogP) is 1.33. The molecule has 8 nitrogen and oxygen atoms in total. The van der Waals surface area contributed by atoms with Crippen LogP contribution in [0.1, 0.15) is 32.3 Å². The molecule has 0 radical (unpaired) electrons. The van der Waals surface area contributed by atoms with Gasteiger partial charge in [-0.25, -0.2) is 13.4 Å². The summed E-state index contributed by atoms with van der Waals surface area (Å²) in [6.07, 6.45) is 1.55. The van der Waals surface area contributed by atoms with E-state index in [-0.39, 0.29) is 16.5 Å². The average molecular weight is 379 g/mol. The van der Waals surface area contributed by atoms with E-state index in [9.17, 15) is 8.42 Å². The Kier molecular flexibility index (Phi) is 4.56. The smallest absolute Gasteiger partial charge is 0.262 e. The van der Waals surface area contributed by atoms with Gasteiger partial charge in [-0.05, 0) is 19.1 Å². The van der Waals surface area contributed by atoms with Crippen molar-refractivity contribution in [1.82, 2.24) is 24.1 Å². The highest BCUT2D eigenvalue weighted by atomic mass is 32.2. The Hall–Kier alpha value is -2.00. The van der Waals surface area contributed by atoms with Crippen molar-refractivity contribution in [2.24, 2.45) is 7.05 Å². The van der Waals surface area contributed by atoms with E-state index in [1.807, 2.05) is 17.0 Å². The van der Waals surface area contributed by atoms with Crippen LogP contribution < -0.4 is 4.90 Å². The van der Waals surface area contributed by atoms with Crippen LogP contribution in [0.25, 0.3) is 0 Å². The maximum absolute atomic E-state index is 12.7. The molecule has 2 aromatic heterocycles. The van der Waals surface area contributed by atoms with Crippen LogP contribution in [0.3, 0.4) is 0 Å². The Morgan fingerprint density at radius 2 is 1.85 bits per heavy atom. The molecule has 3 heterocycles. The van der Waals surface area contributed by atoms with E-state index in [1.54, 1.807) is 31.8 Å². The first kappa shape index (κ1) is 18.8.